The molecule has 2 N–H and O–H groups in total. The van der Waals surface area contributed by atoms with Crippen LogP contribution in [0.15, 0.2) is 24.3 Å². The highest BCUT2D eigenvalue weighted by Gasteiger charge is 2.31. The van der Waals surface area contributed by atoms with Gasteiger partial charge in [0.25, 0.3) is 0 Å². The Bertz CT molecular complexity index is 360. The molecule has 1 aromatic rings. The van der Waals surface area contributed by atoms with Crippen LogP contribution < -0.4 is 5.73 Å². The summed E-state index contributed by atoms with van der Waals surface area (Å²) in [4.78, 5) is 2.38. The maximum atomic E-state index is 5.96. The molecule has 0 saturated heterocycles. The van der Waals surface area contributed by atoms with Crippen molar-refractivity contribution in [3.63, 3.8) is 0 Å². The zero-order valence-electron chi connectivity index (χ0n) is 11.8. The molecule has 2 nitrogen and oxygen atoms in total. The molecule has 1 rings (SSSR count). The average Bonchev–Trinajstić information content (AvgIpc) is 2.30. The van der Waals surface area contributed by atoms with E-state index in [2.05, 4.69) is 63.9 Å². The zero-order chi connectivity index (χ0) is 13.1. The van der Waals surface area contributed by atoms with Gasteiger partial charge in [-0.15, -0.1) is 0 Å². The third-order valence-corrected chi connectivity index (χ3v) is 4.20. The quantitative estimate of drug-likeness (QED) is 0.849. The Morgan fingerprint density at radius 1 is 1.29 bits per heavy atom. The monoisotopic (exact) mass is 234 g/mol. The van der Waals surface area contributed by atoms with E-state index in [1.54, 1.807) is 0 Å². The number of rotatable bonds is 5. The van der Waals surface area contributed by atoms with Crippen LogP contribution in [-0.4, -0.2) is 24.0 Å². The van der Waals surface area contributed by atoms with E-state index >= 15 is 0 Å². The van der Waals surface area contributed by atoms with Crippen LogP contribution in [0, 0.1) is 12.8 Å². The van der Waals surface area contributed by atoms with Gasteiger partial charge in [0.1, 0.15) is 0 Å². The van der Waals surface area contributed by atoms with Gasteiger partial charge in [0.2, 0.25) is 0 Å². The molecule has 0 amide bonds. The smallest absolute Gasteiger partial charge is 0.0326 e. The highest BCUT2D eigenvalue weighted by molar-refractivity contribution is 5.25. The standard InChI is InChI=1S/C15H26N2/c1-12(2)15(4,11-16)17(5)10-14-9-7-6-8-13(14)3/h6-9,12H,10-11,16H2,1-5H3. The third-order valence-electron chi connectivity index (χ3n) is 4.20. The molecule has 17 heavy (non-hydrogen) atoms. The first-order valence-electron chi connectivity index (χ1n) is 6.37. The topological polar surface area (TPSA) is 29.3 Å². The van der Waals surface area contributed by atoms with Gasteiger partial charge in [-0.1, -0.05) is 38.1 Å². The highest BCUT2D eigenvalue weighted by atomic mass is 15.2. The molecule has 0 aliphatic carbocycles. The molecule has 0 aromatic heterocycles. The Hall–Kier alpha value is -0.860. The first kappa shape index (κ1) is 14.2. The number of hydrogen-bond donors (Lipinski definition) is 1. The fraction of sp³-hybridized carbons (Fsp3) is 0.600. The predicted octanol–water partition coefficient (Wildman–Crippen LogP) is 2.80. The SMILES string of the molecule is Cc1ccccc1CN(C)C(C)(CN)C(C)C. The number of nitrogens with two attached hydrogens (primary N) is 1. The van der Waals surface area contributed by atoms with Gasteiger partial charge in [-0.05, 0) is 37.9 Å². The van der Waals surface area contributed by atoms with Gasteiger partial charge in [-0.3, -0.25) is 4.90 Å². The van der Waals surface area contributed by atoms with Crippen molar-refractivity contribution in [2.75, 3.05) is 13.6 Å². The summed E-state index contributed by atoms with van der Waals surface area (Å²) in [5.41, 5.74) is 8.75. The number of nitrogens with zero attached hydrogens (tertiary/aromatic N) is 1. The molecule has 0 bridgehead atoms. The Kier molecular flexibility index (Phi) is 4.72. The molecule has 0 saturated carbocycles. The predicted molar refractivity (Wildman–Crippen MR) is 74.9 cm³/mol. The van der Waals surface area contributed by atoms with Crippen LogP contribution in [0.2, 0.25) is 0 Å². The Morgan fingerprint density at radius 2 is 1.88 bits per heavy atom. The number of hydrogen-bond acceptors (Lipinski definition) is 2. The molecule has 96 valence electrons. The first-order valence-corrected chi connectivity index (χ1v) is 6.37. The van der Waals surface area contributed by atoms with Crippen molar-refractivity contribution in [1.29, 1.82) is 0 Å². The van der Waals surface area contributed by atoms with Crippen LogP contribution >= 0.6 is 0 Å². The second-order valence-electron chi connectivity index (χ2n) is 5.50. The zero-order valence-corrected chi connectivity index (χ0v) is 11.8. The molecular formula is C15H26N2. The van der Waals surface area contributed by atoms with Gasteiger partial charge < -0.3 is 5.73 Å². The van der Waals surface area contributed by atoms with E-state index in [0.717, 1.165) is 6.54 Å². The maximum Gasteiger partial charge on any atom is 0.0326 e. The van der Waals surface area contributed by atoms with Gasteiger partial charge in [-0.25, -0.2) is 0 Å². The summed E-state index contributed by atoms with van der Waals surface area (Å²) in [5.74, 6) is 0.543. The van der Waals surface area contributed by atoms with Crippen molar-refractivity contribution in [1.82, 2.24) is 4.90 Å². The third kappa shape index (κ3) is 3.08. The maximum absolute atomic E-state index is 5.96. The lowest BCUT2D eigenvalue weighted by Gasteiger charge is -2.41. The minimum absolute atomic E-state index is 0.0578. The van der Waals surface area contributed by atoms with Crippen molar-refractivity contribution in [3.05, 3.63) is 35.4 Å². The molecule has 0 spiro atoms. The average molecular weight is 234 g/mol. The molecule has 1 atom stereocenters. The van der Waals surface area contributed by atoms with E-state index in [9.17, 15) is 0 Å². The van der Waals surface area contributed by atoms with Crippen LogP contribution in [0.5, 0.6) is 0 Å². The molecular weight excluding hydrogens is 208 g/mol. The van der Waals surface area contributed by atoms with Gasteiger partial charge in [0.15, 0.2) is 0 Å². The second kappa shape index (κ2) is 5.65. The first-order chi connectivity index (χ1) is 7.91. The molecule has 1 aromatic carbocycles. The van der Waals surface area contributed by atoms with Crippen LogP contribution in [-0.2, 0) is 6.54 Å². The van der Waals surface area contributed by atoms with Crippen molar-refractivity contribution in [2.45, 2.75) is 39.8 Å². The minimum Gasteiger partial charge on any atom is -0.329 e. The Balaban J connectivity index is 2.85. The van der Waals surface area contributed by atoms with Gasteiger partial charge in [0.05, 0.1) is 0 Å². The summed E-state index contributed by atoms with van der Waals surface area (Å²) < 4.78 is 0. The summed E-state index contributed by atoms with van der Waals surface area (Å²) in [6.45, 7) is 10.5. The van der Waals surface area contributed by atoms with Crippen LogP contribution in [0.25, 0.3) is 0 Å². The van der Waals surface area contributed by atoms with E-state index in [-0.39, 0.29) is 5.54 Å². The van der Waals surface area contributed by atoms with Crippen molar-refractivity contribution >= 4 is 0 Å². The van der Waals surface area contributed by atoms with E-state index in [4.69, 9.17) is 5.73 Å². The number of benzene rings is 1. The minimum atomic E-state index is 0.0578. The molecule has 0 heterocycles. The summed E-state index contributed by atoms with van der Waals surface area (Å²) in [5, 5.41) is 0. The molecule has 0 radical (unpaired) electrons. The summed E-state index contributed by atoms with van der Waals surface area (Å²) in [6.07, 6.45) is 0. The van der Waals surface area contributed by atoms with Crippen molar-refractivity contribution < 1.29 is 0 Å². The molecule has 0 fully saturated rings. The fourth-order valence-electron chi connectivity index (χ4n) is 2.06. The second-order valence-corrected chi connectivity index (χ2v) is 5.50. The lowest BCUT2D eigenvalue weighted by molar-refractivity contribution is 0.0876. The normalized spacial score (nSPS) is 15.3. The summed E-state index contributed by atoms with van der Waals surface area (Å²) >= 11 is 0. The lowest BCUT2D eigenvalue weighted by Crippen LogP contribution is -2.53. The summed E-state index contributed by atoms with van der Waals surface area (Å²) in [7, 11) is 2.17. The molecule has 1 unspecified atom stereocenters. The van der Waals surface area contributed by atoms with E-state index in [1.165, 1.54) is 11.1 Å². The van der Waals surface area contributed by atoms with Gasteiger partial charge in [-0.2, -0.15) is 0 Å². The Morgan fingerprint density at radius 3 is 2.35 bits per heavy atom. The summed E-state index contributed by atoms with van der Waals surface area (Å²) in [6, 6.07) is 8.55. The van der Waals surface area contributed by atoms with Crippen molar-refractivity contribution in [2.24, 2.45) is 11.7 Å². The van der Waals surface area contributed by atoms with Gasteiger partial charge in [0, 0.05) is 18.6 Å². The van der Waals surface area contributed by atoms with E-state index in [0.29, 0.717) is 12.5 Å². The highest BCUT2D eigenvalue weighted by Crippen LogP contribution is 2.24. The molecule has 0 aliphatic rings. The van der Waals surface area contributed by atoms with Crippen LogP contribution in [0.1, 0.15) is 31.9 Å². The molecule has 0 aliphatic heterocycles. The van der Waals surface area contributed by atoms with Crippen molar-refractivity contribution in [3.8, 4) is 0 Å². The van der Waals surface area contributed by atoms with E-state index in [1.807, 2.05) is 0 Å². The molecule has 2 heteroatoms. The fourth-order valence-corrected chi connectivity index (χ4v) is 2.06. The number of likely N-dealkylation sites (N-methyl/N-ethyl adjacent to an activating group) is 1. The van der Waals surface area contributed by atoms with Crippen LogP contribution in [0.3, 0.4) is 0 Å². The lowest BCUT2D eigenvalue weighted by atomic mass is 9.86. The van der Waals surface area contributed by atoms with E-state index < -0.39 is 0 Å². The van der Waals surface area contributed by atoms with Gasteiger partial charge >= 0.3 is 0 Å². The number of aryl methyl sites for hydroxylation is 1. The Labute approximate surface area is 106 Å². The largest absolute Gasteiger partial charge is 0.329 e. The van der Waals surface area contributed by atoms with Crippen LogP contribution in [0.4, 0.5) is 0 Å².